The van der Waals surface area contributed by atoms with E-state index in [-0.39, 0.29) is 0 Å². The van der Waals surface area contributed by atoms with Crippen molar-refractivity contribution in [3.05, 3.63) is 22.7 Å². The Morgan fingerprint density at radius 2 is 2.14 bits per heavy atom. The molecule has 0 saturated heterocycles. The summed E-state index contributed by atoms with van der Waals surface area (Å²) in [4.78, 5) is 0. The maximum absolute atomic E-state index is 5.91. The Morgan fingerprint density at radius 1 is 1.38 bits per heavy atom. The number of methoxy groups -OCH3 is 1. The quantitative estimate of drug-likeness (QED) is 0.898. The monoisotopic (exact) mass is 351 g/mol. The van der Waals surface area contributed by atoms with Gasteiger partial charge in [0.2, 0.25) is 0 Å². The van der Waals surface area contributed by atoms with Gasteiger partial charge in [-0.25, -0.2) is 0 Å². The van der Waals surface area contributed by atoms with Crippen molar-refractivity contribution >= 4 is 21.7 Å². The summed E-state index contributed by atoms with van der Waals surface area (Å²) in [6.45, 7) is 0.733. The molecule has 2 aromatic rings. The van der Waals surface area contributed by atoms with Crippen molar-refractivity contribution in [2.75, 3.05) is 19.5 Å². The minimum absolute atomic E-state index is 0.623. The van der Waals surface area contributed by atoms with Crippen molar-refractivity contribution in [1.29, 1.82) is 0 Å². The van der Waals surface area contributed by atoms with E-state index in [0.29, 0.717) is 17.5 Å². The first-order chi connectivity index (χ1) is 10.1. The molecule has 0 spiro atoms. The third-order valence-electron chi connectivity index (χ3n) is 3.60. The van der Waals surface area contributed by atoms with Gasteiger partial charge in [-0.1, -0.05) is 0 Å². The second-order valence-corrected chi connectivity index (χ2v) is 6.18. The Hall–Kier alpha value is -1.69. The molecule has 0 bridgehead atoms. The molecular formula is C15H18BrN3O2. The number of anilines is 1. The van der Waals surface area contributed by atoms with E-state index < -0.39 is 0 Å². The van der Waals surface area contributed by atoms with Gasteiger partial charge < -0.3 is 15.2 Å². The maximum atomic E-state index is 5.91. The zero-order chi connectivity index (χ0) is 15.0. The highest BCUT2D eigenvalue weighted by molar-refractivity contribution is 9.10. The normalized spacial score (nSPS) is 14.2. The largest absolute Gasteiger partial charge is 0.492 e. The zero-order valence-corrected chi connectivity index (χ0v) is 13.7. The van der Waals surface area contributed by atoms with Gasteiger partial charge in [0.1, 0.15) is 5.82 Å². The summed E-state index contributed by atoms with van der Waals surface area (Å²) in [5, 5.41) is 4.40. The molecule has 1 saturated carbocycles. The predicted octanol–water partition coefficient (Wildman–Crippen LogP) is 3.23. The topological polar surface area (TPSA) is 62.3 Å². The SMILES string of the molecule is COc1c(Br)cc(-c2cc(N)n(C)n2)cc1OCC1CC1. The fourth-order valence-corrected chi connectivity index (χ4v) is 2.74. The van der Waals surface area contributed by atoms with Crippen molar-refractivity contribution in [3.8, 4) is 22.8 Å². The summed E-state index contributed by atoms with van der Waals surface area (Å²) >= 11 is 3.53. The molecule has 1 aromatic heterocycles. The van der Waals surface area contributed by atoms with E-state index in [1.54, 1.807) is 11.8 Å². The number of nitrogen functional groups attached to an aromatic ring is 1. The zero-order valence-electron chi connectivity index (χ0n) is 12.1. The standard InChI is InChI=1S/C15H18BrN3O2/c1-19-14(17)7-12(18-19)10-5-11(16)15(20-2)13(6-10)21-8-9-3-4-9/h5-7,9H,3-4,8,17H2,1-2H3. The number of ether oxygens (including phenoxy) is 2. The molecule has 5 nitrogen and oxygen atoms in total. The van der Waals surface area contributed by atoms with Crippen LogP contribution in [-0.4, -0.2) is 23.5 Å². The van der Waals surface area contributed by atoms with Crippen molar-refractivity contribution < 1.29 is 9.47 Å². The maximum Gasteiger partial charge on any atom is 0.174 e. The fourth-order valence-electron chi connectivity index (χ4n) is 2.14. The molecule has 1 fully saturated rings. The van der Waals surface area contributed by atoms with E-state index >= 15 is 0 Å². The lowest BCUT2D eigenvalue weighted by Crippen LogP contribution is -2.01. The third-order valence-corrected chi connectivity index (χ3v) is 4.19. The minimum Gasteiger partial charge on any atom is -0.492 e. The molecule has 3 rings (SSSR count). The number of rotatable bonds is 5. The number of nitrogens with zero attached hydrogens (tertiary/aromatic N) is 2. The molecule has 0 aliphatic heterocycles. The number of nitrogens with two attached hydrogens (primary N) is 1. The van der Waals surface area contributed by atoms with E-state index in [2.05, 4.69) is 21.0 Å². The summed E-state index contributed by atoms with van der Waals surface area (Å²) in [7, 11) is 3.46. The number of aryl methyl sites for hydroxylation is 1. The van der Waals surface area contributed by atoms with Crippen LogP contribution in [-0.2, 0) is 7.05 Å². The summed E-state index contributed by atoms with van der Waals surface area (Å²) in [6.07, 6.45) is 2.50. The molecule has 1 aliphatic rings. The van der Waals surface area contributed by atoms with Crippen molar-refractivity contribution in [1.82, 2.24) is 9.78 Å². The second kappa shape index (κ2) is 5.60. The van der Waals surface area contributed by atoms with Crippen LogP contribution in [0.15, 0.2) is 22.7 Å². The average molecular weight is 352 g/mol. The smallest absolute Gasteiger partial charge is 0.174 e. The number of hydrogen-bond acceptors (Lipinski definition) is 4. The van der Waals surface area contributed by atoms with Gasteiger partial charge in [0.05, 0.1) is 23.9 Å². The first kappa shape index (κ1) is 14.3. The molecule has 0 radical (unpaired) electrons. The van der Waals surface area contributed by atoms with Crippen LogP contribution >= 0.6 is 15.9 Å². The van der Waals surface area contributed by atoms with Gasteiger partial charge in [-0.3, -0.25) is 4.68 Å². The summed E-state index contributed by atoms with van der Waals surface area (Å²) in [5.41, 5.74) is 7.61. The molecule has 0 unspecified atom stereocenters. The molecule has 1 aromatic carbocycles. The highest BCUT2D eigenvalue weighted by Gasteiger charge is 2.23. The number of aromatic nitrogens is 2. The van der Waals surface area contributed by atoms with Crippen LogP contribution in [0.2, 0.25) is 0 Å². The highest BCUT2D eigenvalue weighted by Crippen LogP contribution is 2.40. The Balaban J connectivity index is 1.96. The third kappa shape index (κ3) is 3.00. The molecule has 0 amide bonds. The van der Waals surface area contributed by atoms with E-state index in [1.165, 1.54) is 12.8 Å². The Kier molecular flexibility index (Phi) is 3.80. The van der Waals surface area contributed by atoms with Crippen LogP contribution in [0, 0.1) is 5.92 Å². The molecule has 1 aliphatic carbocycles. The lowest BCUT2D eigenvalue weighted by Gasteiger charge is -2.13. The molecule has 2 N–H and O–H groups in total. The Morgan fingerprint density at radius 3 is 2.71 bits per heavy atom. The molecular weight excluding hydrogens is 334 g/mol. The summed E-state index contributed by atoms with van der Waals surface area (Å²) in [6, 6.07) is 5.76. The van der Waals surface area contributed by atoms with Crippen molar-refractivity contribution in [2.45, 2.75) is 12.8 Å². The first-order valence-electron chi connectivity index (χ1n) is 6.88. The number of benzene rings is 1. The molecule has 21 heavy (non-hydrogen) atoms. The van der Waals surface area contributed by atoms with Crippen LogP contribution in [0.1, 0.15) is 12.8 Å². The van der Waals surface area contributed by atoms with Gasteiger partial charge in [-0.15, -0.1) is 0 Å². The summed E-state index contributed by atoms with van der Waals surface area (Å²) < 4.78 is 13.8. The second-order valence-electron chi connectivity index (χ2n) is 5.32. The fraction of sp³-hybridized carbons (Fsp3) is 0.400. The van der Waals surface area contributed by atoms with Gasteiger partial charge in [0.15, 0.2) is 11.5 Å². The van der Waals surface area contributed by atoms with Gasteiger partial charge in [-0.2, -0.15) is 5.10 Å². The molecule has 1 heterocycles. The Bertz CT molecular complexity index is 646. The highest BCUT2D eigenvalue weighted by atomic mass is 79.9. The van der Waals surface area contributed by atoms with E-state index in [9.17, 15) is 0 Å². The van der Waals surface area contributed by atoms with Crippen molar-refractivity contribution in [3.63, 3.8) is 0 Å². The van der Waals surface area contributed by atoms with E-state index in [0.717, 1.165) is 28.1 Å². The van der Waals surface area contributed by atoms with Crippen LogP contribution < -0.4 is 15.2 Å². The van der Waals surface area contributed by atoms with Crippen LogP contribution in [0.3, 0.4) is 0 Å². The van der Waals surface area contributed by atoms with Gasteiger partial charge >= 0.3 is 0 Å². The Labute approximate surface area is 132 Å². The number of halogens is 1. The lowest BCUT2D eigenvalue weighted by atomic mass is 10.1. The van der Waals surface area contributed by atoms with E-state index in [4.69, 9.17) is 15.2 Å². The molecule has 112 valence electrons. The summed E-state index contributed by atoms with van der Waals surface area (Å²) in [5.74, 6) is 2.75. The van der Waals surface area contributed by atoms with Crippen LogP contribution in [0.5, 0.6) is 11.5 Å². The van der Waals surface area contributed by atoms with Gasteiger partial charge in [-0.05, 0) is 46.8 Å². The van der Waals surface area contributed by atoms with Crippen LogP contribution in [0.25, 0.3) is 11.3 Å². The van der Waals surface area contributed by atoms with Gasteiger partial charge in [0, 0.05) is 18.7 Å². The minimum atomic E-state index is 0.623. The van der Waals surface area contributed by atoms with Gasteiger partial charge in [0.25, 0.3) is 0 Å². The molecule has 0 atom stereocenters. The number of hydrogen-bond donors (Lipinski definition) is 1. The predicted molar refractivity (Wildman–Crippen MR) is 85.5 cm³/mol. The van der Waals surface area contributed by atoms with Crippen molar-refractivity contribution in [2.24, 2.45) is 13.0 Å². The lowest BCUT2D eigenvalue weighted by molar-refractivity contribution is 0.280. The van der Waals surface area contributed by atoms with Crippen LogP contribution in [0.4, 0.5) is 5.82 Å². The average Bonchev–Trinajstić information content (AvgIpc) is 3.22. The first-order valence-corrected chi connectivity index (χ1v) is 7.68. The molecule has 6 heteroatoms. The van der Waals surface area contributed by atoms with E-state index in [1.807, 2.05) is 25.2 Å².